The van der Waals surface area contributed by atoms with Gasteiger partial charge < -0.3 is 20.1 Å². The number of carbonyl (C=O) groups is 2. The number of carbonyl (C=O) groups excluding carboxylic acids is 1. The Labute approximate surface area is 114 Å². The predicted molar refractivity (Wildman–Crippen MR) is 71.0 cm³/mol. The first kappa shape index (κ1) is 15.8. The lowest BCUT2D eigenvalue weighted by molar-refractivity contribution is -0.144. The van der Waals surface area contributed by atoms with Crippen LogP contribution in [0, 0.1) is 5.92 Å². The van der Waals surface area contributed by atoms with Gasteiger partial charge in [-0.05, 0) is 25.7 Å². The van der Waals surface area contributed by atoms with Crippen molar-refractivity contribution in [3.8, 4) is 0 Å². The van der Waals surface area contributed by atoms with Gasteiger partial charge in [-0.2, -0.15) is 0 Å². The van der Waals surface area contributed by atoms with Crippen molar-refractivity contribution in [2.75, 3.05) is 20.2 Å². The molecule has 0 aromatic carbocycles. The van der Waals surface area contributed by atoms with Gasteiger partial charge in [0.05, 0.1) is 6.10 Å². The van der Waals surface area contributed by atoms with Crippen LogP contribution in [0.15, 0.2) is 0 Å². The molecule has 2 N–H and O–H groups in total. The molecule has 110 valence electrons. The summed E-state index contributed by atoms with van der Waals surface area (Å²) in [5.74, 6) is -0.531. The molecule has 0 spiro atoms. The molecule has 1 aliphatic heterocycles. The van der Waals surface area contributed by atoms with Gasteiger partial charge in [0.25, 0.3) is 0 Å². The molecule has 0 saturated carbocycles. The number of nitrogens with zero attached hydrogens (tertiary/aromatic N) is 1. The molecule has 1 fully saturated rings. The minimum absolute atomic E-state index is 0.0830. The predicted octanol–water partition coefficient (Wildman–Crippen LogP) is 1.31. The molecule has 19 heavy (non-hydrogen) atoms. The lowest BCUT2D eigenvalue weighted by Gasteiger charge is -2.37. The van der Waals surface area contributed by atoms with Crippen LogP contribution < -0.4 is 5.32 Å². The average molecular weight is 272 g/mol. The highest BCUT2D eigenvalue weighted by Crippen LogP contribution is 2.25. The van der Waals surface area contributed by atoms with Crippen molar-refractivity contribution < 1.29 is 19.4 Å². The van der Waals surface area contributed by atoms with E-state index in [0.29, 0.717) is 25.4 Å². The minimum atomic E-state index is -0.923. The first-order valence-corrected chi connectivity index (χ1v) is 6.79. The number of nitrogens with one attached hydrogen (secondary N) is 1. The van der Waals surface area contributed by atoms with Crippen molar-refractivity contribution in [3.63, 3.8) is 0 Å². The normalized spacial score (nSPS) is 24.9. The SMILES string of the molecule is CCC1CCN(C(=O)NCC(C)OC)C(C(=O)O)C1. The van der Waals surface area contributed by atoms with Gasteiger partial charge in [-0.25, -0.2) is 9.59 Å². The molecule has 3 unspecified atom stereocenters. The van der Waals surface area contributed by atoms with E-state index in [1.165, 1.54) is 4.90 Å². The third-order valence-corrected chi connectivity index (χ3v) is 3.78. The fraction of sp³-hybridized carbons (Fsp3) is 0.846. The van der Waals surface area contributed by atoms with Crippen LogP contribution in [0.1, 0.15) is 33.1 Å². The maximum absolute atomic E-state index is 12.0. The highest BCUT2D eigenvalue weighted by molar-refractivity contribution is 5.82. The van der Waals surface area contributed by atoms with E-state index < -0.39 is 12.0 Å². The van der Waals surface area contributed by atoms with Gasteiger partial charge in [0.15, 0.2) is 0 Å². The van der Waals surface area contributed by atoms with Crippen LogP contribution in [0.5, 0.6) is 0 Å². The topological polar surface area (TPSA) is 78.9 Å². The van der Waals surface area contributed by atoms with Gasteiger partial charge in [-0.15, -0.1) is 0 Å². The van der Waals surface area contributed by atoms with Crippen molar-refractivity contribution in [2.24, 2.45) is 5.92 Å². The van der Waals surface area contributed by atoms with Crippen LogP contribution in [-0.2, 0) is 9.53 Å². The van der Waals surface area contributed by atoms with Gasteiger partial charge in [-0.3, -0.25) is 0 Å². The Balaban J connectivity index is 2.59. The standard InChI is InChI=1S/C13H24N2O4/c1-4-10-5-6-15(11(7-10)12(16)17)13(18)14-8-9(2)19-3/h9-11H,4-8H2,1-3H3,(H,14,18)(H,16,17). The number of aliphatic carboxylic acids is 1. The molecule has 1 saturated heterocycles. The lowest BCUT2D eigenvalue weighted by atomic mass is 9.89. The Morgan fingerprint density at radius 2 is 2.21 bits per heavy atom. The smallest absolute Gasteiger partial charge is 0.326 e. The van der Waals surface area contributed by atoms with E-state index in [9.17, 15) is 14.7 Å². The van der Waals surface area contributed by atoms with E-state index in [-0.39, 0.29) is 12.1 Å². The molecule has 1 aliphatic rings. The summed E-state index contributed by atoms with van der Waals surface area (Å²) >= 11 is 0. The van der Waals surface area contributed by atoms with Crippen LogP contribution in [0.4, 0.5) is 4.79 Å². The van der Waals surface area contributed by atoms with Crippen LogP contribution in [-0.4, -0.2) is 54.4 Å². The van der Waals surface area contributed by atoms with E-state index in [4.69, 9.17) is 4.74 Å². The maximum atomic E-state index is 12.0. The third kappa shape index (κ3) is 4.38. The van der Waals surface area contributed by atoms with Crippen molar-refractivity contribution >= 4 is 12.0 Å². The number of amides is 2. The maximum Gasteiger partial charge on any atom is 0.326 e. The number of hydrogen-bond donors (Lipinski definition) is 2. The molecule has 0 aliphatic carbocycles. The number of hydrogen-bond acceptors (Lipinski definition) is 3. The van der Waals surface area contributed by atoms with E-state index in [1.54, 1.807) is 7.11 Å². The summed E-state index contributed by atoms with van der Waals surface area (Å²) < 4.78 is 5.05. The molecule has 6 heteroatoms. The number of urea groups is 1. The van der Waals surface area contributed by atoms with Crippen molar-refractivity contribution in [3.05, 3.63) is 0 Å². The Bertz CT molecular complexity index is 322. The summed E-state index contributed by atoms with van der Waals surface area (Å²) in [6.45, 7) is 4.79. The molecule has 1 rings (SSSR count). The molecule has 0 radical (unpaired) electrons. The summed E-state index contributed by atoms with van der Waals surface area (Å²) in [5.41, 5.74) is 0. The van der Waals surface area contributed by atoms with Crippen LogP contribution in [0.25, 0.3) is 0 Å². The summed E-state index contributed by atoms with van der Waals surface area (Å²) in [7, 11) is 1.57. The van der Waals surface area contributed by atoms with Crippen molar-refractivity contribution in [1.29, 1.82) is 0 Å². The lowest BCUT2D eigenvalue weighted by Crippen LogP contribution is -2.54. The number of ether oxygens (including phenoxy) is 1. The number of carboxylic acid groups (broad SMARTS) is 1. The van der Waals surface area contributed by atoms with Crippen molar-refractivity contribution in [1.82, 2.24) is 10.2 Å². The van der Waals surface area contributed by atoms with Crippen LogP contribution in [0.2, 0.25) is 0 Å². The number of carboxylic acids is 1. The molecule has 1 heterocycles. The van der Waals surface area contributed by atoms with E-state index in [2.05, 4.69) is 12.2 Å². The quantitative estimate of drug-likeness (QED) is 0.791. The molecular formula is C13H24N2O4. The fourth-order valence-corrected chi connectivity index (χ4v) is 2.30. The average Bonchev–Trinajstić information content (AvgIpc) is 2.43. The van der Waals surface area contributed by atoms with Crippen LogP contribution in [0.3, 0.4) is 0 Å². The molecule has 0 bridgehead atoms. The molecule has 6 nitrogen and oxygen atoms in total. The van der Waals surface area contributed by atoms with Gasteiger partial charge in [0.2, 0.25) is 0 Å². The Hall–Kier alpha value is -1.30. The Kier molecular flexibility index (Phi) is 6.08. The highest BCUT2D eigenvalue weighted by Gasteiger charge is 2.35. The second-order valence-electron chi connectivity index (χ2n) is 5.08. The van der Waals surface area contributed by atoms with Gasteiger partial charge in [0.1, 0.15) is 6.04 Å². The second-order valence-corrected chi connectivity index (χ2v) is 5.08. The van der Waals surface area contributed by atoms with Crippen molar-refractivity contribution in [2.45, 2.75) is 45.3 Å². The summed E-state index contributed by atoms with van der Waals surface area (Å²) in [4.78, 5) is 24.7. The number of likely N-dealkylation sites (tertiary alicyclic amines) is 1. The van der Waals surface area contributed by atoms with Crippen LogP contribution >= 0.6 is 0 Å². The van der Waals surface area contributed by atoms with E-state index in [1.807, 2.05) is 6.92 Å². The largest absolute Gasteiger partial charge is 0.480 e. The zero-order valence-electron chi connectivity index (χ0n) is 11.9. The molecule has 3 atom stereocenters. The van der Waals surface area contributed by atoms with Gasteiger partial charge >= 0.3 is 12.0 Å². The molecular weight excluding hydrogens is 248 g/mol. The summed E-state index contributed by atoms with van der Waals surface area (Å²) in [6.07, 6.45) is 2.28. The number of piperidine rings is 1. The minimum Gasteiger partial charge on any atom is -0.480 e. The zero-order chi connectivity index (χ0) is 14.4. The second kappa shape index (κ2) is 7.33. The Morgan fingerprint density at radius 3 is 2.74 bits per heavy atom. The van der Waals surface area contributed by atoms with Gasteiger partial charge in [-0.1, -0.05) is 13.3 Å². The molecule has 2 amide bonds. The monoisotopic (exact) mass is 272 g/mol. The summed E-state index contributed by atoms with van der Waals surface area (Å²) in [5, 5.41) is 12.0. The summed E-state index contributed by atoms with van der Waals surface area (Å²) in [6, 6.07) is -1.03. The number of rotatable bonds is 5. The first-order valence-electron chi connectivity index (χ1n) is 6.79. The van der Waals surface area contributed by atoms with E-state index in [0.717, 1.165) is 12.8 Å². The third-order valence-electron chi connectivity index (χ3n) is 3.78. The molecule has 0 aromatic rings. The highest BCUT2D eigenvalue weighted by atomic mass is 16.5. The Morgan fingerprint density at radius 1 is 1.53 bits per heavy atom. The zero-order valence-corrected chi connectivity index (χ0v) is 11.9. The van der Waals surface area contributed by atoms with E-state index >= 15 is 0 Å². The molecule has 0 aromatic heterocycles. The van der Waals surface area contributed by atoms with Gasteiger partial charge in [0, 0.05) is 20.2 Å². The first-order chi connectivity index (χ1) is 8.99. The number of methoxy groups -OCH3 is 1. The fourth-order valence-electron chi connectivity index (χ4n) is 2.30.